The third-order valence-electron chi connectivity index (χ3n) is 5.03. The van der Waals surface area contributed by atoms with Gasteiger partial charge in [0, 0.05) is 29.7 Å². The van der Waals surface area contributed by atoms with Gasteiger partial charge in [-0.1, -0.05) is 30.1 Å². The lowest BCUT2D eigenvalue weighted by Crippen LogP contribution is -2.49. The summed E-state index contributed by atoms with van der Waals surface area (Å²) in [5.74, 6) is 0. The molecule has 0 spiro atoms. The average molecular weight is 347 g/mol. The summed E-state index contributed by atoms with van der Waals surface area (Å²) in [6, 6.07) is 4.53. The van der Waals surface area contributed by atoms with Gasteiger partial charge in [0.25, 0.3) is 0 Å². The standard InChI is InChI=1S/C16H24Cl2N2S/c1-3-6-20(10(2)14-9-15(17)21-16(14)18)13-7-11-4-5-12(8-13)19-11/h9-13,19H,3-8H2,1-2H3. The van der Waals surface area contributed by atoms with Crippen LogP contribution < -0.4 is 5.32 Å². The molecular weight excluding hydrogens is 323 g/mol. The quantitative estimate of drug-likeness (QED) is 0.796. The predicted molar refractivity (Wildman–Crippen MR) is 92.7 cm³/mol. The zero-order valence-corrected chi connectivity index (χ0v) is 15.1. The van der Waals surface area contributed by atoms with E-state index < -0.39 is 0 Å². The van der Waals surface area contributed by atoms with Crippen LogP contribution in [-0.2, 0) is 0 Å². The van der Waals surface area contributed by atoms with Gasteiger partial charge in [0.05, 0.1) is 8.67 Å². The smallest absolute Gasteiger partial charge is 0.0991 e. The first-order valence-electron chi connectivity index (χ1n) is 8.05. The summed E-state index contributed by atoms with van der Waals surface area (Å²) in [5, 5.41) is 3.74. The molecule has 0 radical (unpaired) electrons. The van der Waals surface area contributed by atoms with Gasteiger partial charge in [-0.15, -0.1) is 11.3 Å². The van der Waals surface area contributed by atoms with Crippen molar-refractivity contribution in [2.75, 3.05) is 6.54 Å². The fraction of sp³-hybridized carbons (Fsp3) is 0.750. The zero-order valence-electron chi connectivity index (χ0n) is 12.7. The molecule has 2 fully saturated rings. The summed E-state index contributed by atoms with van der Waals surface area (Å²) in [6.45, 7) is 5.68. The van der Waals surface area contributed by atoms with E-state index in [0.717, 1.165) is 27.3 Å². The van der Waals surface area contributed by atoms with E-state index in [2.05, 4.69) is 30.1 Å². The number of nitrogens with zero attached hydrogens (tertiary/aromatic N) is 1. The highest BCUT2D eigenvalue weighted by Gasteiger charge is 2.37. The number of halogens is 2. The first-order chi connectivity index (χ1) is 10.1. The van der Waals surface area contributed by atoms with Crippen molar-refractivity contribution in [3.8, 4) is 0 Å². The Morgan fingerprint density at radius 3 is 2.52 bits per heavy atom. The van der Waals surface area contributed by atoms with Crippen molar-refractivity contribution in [2.24, 2.45) is 0 Å². The summed E-state index contributed by atoms with van der Waals surface area (Å²) < 4.78 is 1.65. The minimum absolute atomic E-state index is 0.351. The molecule has 3 atom stereocenters. The van der Waals surface area contributed by atoms with Crippen LogP contribution in [0.4, 0.5) is 0 Å². The number of nitrogens with one attached hydrogen (secondary N) is 1. The Balaban J connectivity index is 1.78. The van der Waals surface area contributed by atoms with Crippen LogP contribution in [0.3, 0.4) is 0 Å². The summed E-state index contributed by atoms with van der Waals surface area (Å²) in [7, 11) is 0. The summed E-state index contributed by atoms with van der Waals surface area (Å²) in [4.78, 5) is 2.66. The van der Waals surface area contributed by atoms with Gasteiger partial charge in [-0.25, -0.2) is 0 Å². The molecule has 1 N–H and O–H groups in total. The van der Waals surface area contributed by atoms with Crippen molar-refractivity contribution in [2.45, 2.75) is 70.1 Å². The normalized spacial score (nSPS) is 30.0. The topological polar surface area (TPSA) is 15.3 Å². The fourth-order valence-corrected chi connectivity index (χ4v) is 5.70. The molecule has 0 aromatic carbocycles. The fourth-order valence-electron chi connectivity index (χ4n) is 4.07. The molecule has 0 saturated carbocycles. The summed E-state index contributed by atoms with van der Waals surface area (Å²) in [6.07, 6.45) is 6.42. The Bertz CT molecular complexity index is 479. The number of thiophene rings is 1. The second-order valence-corrected chi connectivity index (χ2v) is 8.74. The van der Waals surface area contributed by atoms with E-state index in [0.29, 0.717) is 12.1 Å². The number of hydrogen-bond acceptors (Lipinski definition) is 3. The molecule has 3 unspecified atom stereocenters. The molecule has 3 heterocycles. The summed E-state index contributed by atoms with van der Waals surface area (Å²) >= 11 is 14.0. The highest BCUT2D eigenvalue weighted by molar-refractivity contribution is 7.20. The van der Waals surface area contributed by atoms with Crippen molar-refractivity contribution in [3.05, 3.63) is 20.3 Å². The maximum Gasteiger partial charge on any atom is 0.0991 e. The van der Waals surface area contributed by atoms with Crippen molar-refractivity contribution in [1.82, 2.24) is 10.2 Å². The van der Waals surface area contributed by atoms with Crippen LogP contribution in [0.25, 0.3) is 0 Å². The van der Waals surface area contributed by atoms with E-state index in [-0.39, 0.29) is 0 Å². The Morgan fingerprint density at radius 2 is 2.00 bits per heavy atom. The lowest BCUT2D eigenvalue weighted by atomic mass is 9.95. The van der Waals surface area contributed by atoms with Gasteiger partial charge in [-0.2, -0.15) is 0 Å². The van der Waals surface area contributed by atoms with E-state index in [1.165, 1.54) is 49.0 Å². The van der Waals surface area contributed by atoms with Crippen LogP contribution in [0.15, 0.2) is 6.07 Å². The maximum absolute atomic E-state index is 6.39. The number of piperidine rings is 1. The van der Waals surface area contributed by atoms with Crippen molar-refractivity contribution < 1.29 is 0 Å². The highest BCUT2D eigenvalue weighted by atomic mass is 35.5. The second-order valence-electron chi connectivity index (χ2n) is 6.46. The first-order valence-corrected chi connectivity index (χ1v) is 9.62. The zero-order chi connectivity index (χ0) is 15.0. The van der Waals surface area contributed by atoms with E-state index in [1.807, 2.05) is 0 Å². The molecule has 2 aliphatic rings. The van der Waals surface area contributed by atoms with Crippen molar-refractivity contribution in [3.63, 3.8) is 0 Å². The van der Waals surface area contributed by atoms with Gasteiger partial charge in [-0.3, -0.25) is 4.90 Å². The minimum atomic E-state index is 0.351. The molecule has 2 nitrogen and oxygen atoms in total. The minimum Gasteiger partial charge on any atom is -0.311 e. The molecule has 2 bridgehead atoms. The van der Waals surface area contributed by atoms with Crippen LogP contribution in [-0.4, -0.2) is 29.6 Å². The molecule has 2 saturated heterocycles. The van der Waals surface area contributed by atoms with Crippen molar-refractivity contribution in [1.29, 1.82) is 0 Å². The molecule has 2 aliphatic heterocycles. The predicted octanol–water partition coefficient (Wildman–Crippen LogP) is 5.11. The van der Waals surface area contributed by atoms with Gasteiger partial charge in [0.15, 0.2) is 0 Å². The first kappa shape index (κ1) is 16.1. The lowest BCUT2D eigenvalue weighted by molar-refractivity contribution is 0.101. The molecule has 3 rings (SSSR count). The van der Waals surface area contributed by atoms with Crippen LogP contribution in [0.1, 0.15) is 57.6 Å². The van der Waals surface area contributed by atoms with E-state index in [1.54, 1.807) is 0 Å². The largest absolute Gasteiger partial charge is 0.311 e. The molecule has 5 heteroatoms. The average Bonchev–Trinajstić information content (AvgIpc) is 2.97. The molecule has 0 aliphatic carbocycles. The van der Waals surface area contributed by atoms with Crippen LogP contribution in [0.5, 0.6) is 0 Å². The second kappa shape index (κ2) is 6.76. The highest BCUT2D eigenvalue weighted by Crippen LogP contribution is 2.40. The van der Waals surface area contributed by atoms with Gasteiger partial charge in [0.2, 0.25) is 0 Å². The monoisotopic (exact) mass is 346 g/mol. The van der Waals surface area contributed by atoms with Gasteiger partial charge in [0.1, 0.15) is 0 Å². The Kier molecular flexibility index (Phi) is 5.17. The van der Waals surface area contributed by atoms with Crippen LogP contribution in [0.2, 0.25) is 8.67 Å². The molecule has 0 amide bonds. The SMILES string of the molecule is CCCN(C1CC2CCC(C1)N2)C(C)c1cc(Cl)sc1Cl. The molecule has 118 valence electrons. The van der Waals surface area contributed by atoms with Gasteiger partial charge >= 0.3 is 0 Å². The Labute approximate surface area is 141 Å². The van der Waals surface area contributed by atoms with E-state index in [9.17, 15) is 0 Å². The Hall–Kier alpha value is 0.200. The molecule has 1 aromatic rings. The maximum atomic E-state index is 6.39. The molecule has 21 heavy (non-hydrogen) atoms. The van der Waals surface area contributed by atoms with Crippen molar-refractivity contribution >= 4 is 34.5 Å². The number of hydrogen-bond donors (Lipinski definition) is 1. The molecular formula is C16H24Cl2N2S. The van der Waals surface area contributed by atoms with Gasteiger partial charge < -0.3 is 5.32 Å². The number of rotatable bonds is 5. The van der Waals surface area contributed by atoms with Gasteiger partial charge in [-0.05, 0) is 51.6 Å². The van der Waals surface area contributed by atoms with Crippen LogP contribution in [0, 0.1) is 0 Å². The Morgan fingerprint density at radius 1 is 1.33 bits per heavy atom. The summed E-state index contributed by atoms with van der Waals surface area (Å²) in [5.41, 5.74) is 1.20. The third-order valence-corrected chi connectivity index (χ3v) is 6.55. The van der Waals surface area contributed by atoms with E-state index in [4.69, 9.17) is 23.2 Å². The molecule has 1 aromatic heterocycles. The lowest BCUT2D eigenvalue weighted by Gasteiger charge is -2.41. The number of fused-ring (bicyclic) bond motifs is 2. The van der Waals surface area contributed by atoms with Crippen LogP contribution >= 0.6 is 34.5 Å². The third kappa shape index (κ3) is 3.42. The van der Waals surface area contributed by atoms with E-state index >= 15 is 0 Å².